The third kappa shape index (κ3) is 4.30. The number of unbranched alkanes of at least 4 members (excludes halogenated alkanes) is 1. The lowest BCUT2D eigenvalue weighted by Gasteiger charge is -2.14. The summed E-state index contributed by atoms with van der Waals surface area (Å²) in [7, 11) is 0. The average Bonchev–Trinajstić information content (AvgIpc) is 3.18. The molecule has 1 aromatic heterocycles. The molecule has 1 N–H and O–H groups in total. The monoisotopic (exact) mass is 381 g/mol. The molecule has 146 valence electrons. The van der Waals surface area contributed by atoms with Crippen molar-refractivity contribution in [3.05, 3.63) is 91.0 Å². The van der Waals surface area contributed by atoms with Gasteiger partial charge in [-0.05, 0) is 13.0 Å². The Morgan fingerprint density at radius 2 is 1.28 bits per heavy atom. The first kappa shape index (κ1) is 19.2. The van der Waals surface area contributed by atoms with Crippen LogP contribution in [0.3, 0.4) is 0 Å². The summed E-state index contributed by atoms with van der Waals surface area (Å²) in [4.78, 5) is 5.15. The largest absolute Gasteiger partial charge is 0.310 e. The number of aromatic nitrogens is 2. The summed E-state index contributed by atoms with van der Waals surface area (Å²) in [5.74, 6) is 0.993. The second-order valence-corrected chi connectivity index (χ2v) is 7.17. The quantitative estimate of drug-likeness (QED) is 0.367. The van der Waals surface area contributed by atoms with E-state index in [1.165, 1.54) is 18.4 Å². The molecule has 0 aliphatic rings. The number of hydrogen-bond donors (Lipinski definition) is 1. The van der Waals surface area contributed by atoms with Crippen molar-refractivity contribution in [3.63, 3.8) is 0 Å². The number of nitrogens with one attached hydrogen (secondary N) is 1. The third-order valence-corrected chi connectivity index (χ3v) is 5.07. The smallest absolute Gasteiger partial charge is 0.142 e. The van der Waals surface area contributed by atoms with Crippen molar-refractivity contribution in [1.82, 2.24) is 14.9 Å². The number of nitrogens with zero attached hydrogens (tertiary/aromatic N) is 2. The van der Waals surface area contributed by atoms with Gasteiger partial charge in [0.25, 0.3) is 0 Å². The average molecular weight is 382 g/mol. The van der Waals surface area contributed by atoms with E-state index in [9.17, 15) is 0 Å². The van der Waals surface area contributed by atoms with Crippen LogP contribution < -0.4 is 5.32 Å². The van der Waals surface area contributed by atoms with Crippen LogP contribution >= 0.6 is 0 Å². The van der Waals surface area contributed by atoms with E-state index >= 15 is 0 Å². The fourth-order valence-corrected chi connectivity index (χ4v) is 3.59. The number of benzene rings is 3. The van der Waals surface area contributed by atoms with Crippen molar-refractivity contribution in [1.29, 1.82) is 0 Å². The lowest BCUT2D eigenvalue weighted by molar-refractivity contribution is 0.548. The van der Waals surface area contributed by atoms with Gasteiger partial charge in [0.2, 0.25) is 0 Å². The molecule has 0 unspecified atom stereocenters. The zero-order valence-electron chi connectivity index (χ0n) is 16.9. The van der Waals surface area contributed by atoms with Gasteiger partial charge in [-0.2, -0.15) is 0 Å². The van der Waals surface area contributed by atoms with Gasteiger partial charge >= 0.3 is 0 Å². The van der Waals surface area contributed by atoms with E-state index in [0.29, 0.717) is 0 Å². The fraction of sp³-hybridized carbons (Fsp3) is 0.192. The van der Waals surface area contributed by atoms with Gasteiger partial charge in [0.05, 0.1) is 18.1 Å². The van der Waals surface area contributed by atoms with Crippen LogP contribution in [0.4, 0.5) is 0 Å². The Hall–Kier alpha value is -3.17. The zero-order valence-corrected chi connectivity index (χ0v) is 16.9. The predicted octanol–water partition coefficient (Wildman–Crippen LogP) is 6.23. The molecule has 0 bridgehead atoms. The van der Waals surface area contributed by atoms with Gasteiger partial charge in [-0.3, -0.25) is 5.32 Å². The van der Waals surface area contributed by atoms with Gasteiger partial charge in [-0.1, -0.05) is 104 Å². The van der Waals surface area contributed by atoms with Crippen LogP contribution in [0.5, 0.6) is 0 Å². The number of imidazole rings is 1. The Labute approximate surface area is 173 Å². The van der Waals surface area contributed by atoms with Gasteiger partial charge in [-0.25, -0.2) is 4.98 Å². The van der Waals surface area contributed by atoms with Gasteiger partial charge in [-0.15, -0.1) is 0 Å². The van der Waals surface area contributed by atoms with Gasteiger partial charge < -0.3 is 4.57 Å². The normalized spacial score (nSPS) is 10.9. The molecule has 3 heteroatoms. The maximum atomic E-state index is 5.15. The van der Waals surface area contributed by atoms with Crippen LogP contribution in [0.2, 0.25) is 0 Å². The predicted molar refractivity (Wildman–Crippen MR) is 121 cm³/mol. The highest BCUT2D eigenvalue weighted by atomic mass is 15.2. The van der Waals surface area contributed by atoms with Crippen LogP contribution in [0.15, 0.2) is 91.0 Å². The molecule has 1 heterocycles. The van der Waals surface area contributed by atoms with Gasteiger partial charge in [0, 0.05) is 16.7 Å². The number of hydrogen-bond acceptors (Lipinski definition) is 2. The molecule has 4 rings (SSSR count). The molecule has 29 heavy (non-hydrogen) atoms. The first-order valence-electron chi connectivity index (χ1n) is 10.4. The molecule has 3 nitrogen and oxygen atoms in total. The first-order chi connectivity index (χ1) is 14.4. The van der Waals surface area contributed by atoms with Crippen LogP contribution in [0.1, 0.15) is 19.8 Å². The molecule has 0 saturated carbocycles. The molecule has 0 spiro atoms. The summed E-state index contributed by atoms with van der Waals surface area (Å²) in [5, 5.41) is 3.61. The maximum Gasteiger partial charge on any atom is 0.142 e. The van der Waals surface area contributed by atoms with Crippen LogP contribution in [-0.4, -0.2) is 16.1 Å². The Morgan fingerprint density at radius 1 is 0.724 bits per heavy atom. The molecule has 0 atom stereocenters. The summed E-state index contributed by atoms with van der Waals surface area (Å²) >= 11 is 0. The summed E-state index contributed by atoms with van der Waals surface area (Å²) < 4.78 is 2.32. The van der Waals surface area contributed by atoms with E-state index in [0.717, 1.165) is 41.6 Å². The highest BCUT2D eigenvalue weighted by Crippen LogP contribution is 2.35. The topological polar surface area (TPSA) is 29.9 Å². The van der Waals surface area contributed by atoms with Crippen molar-refractivity contribution < 1.29 is 0 Å². The van der Waals surface area contributed by atoms with Crippen molar-refractivity contribution in [2.24, 2.45) is 0 Å². The molecule has 0 fully saturated rings. The third-order valence-electron chi connectivity index (χ3n) is 5.07. The molecule has 4 aromatic rings. The van der Waals surface area contributed by atoms with Crippen molar-refractivity contribution in [2.45, 2.75) is 26.4 Å². The molecule has 0 saturated heterocycles. The molecular formula is C26H27N3. The maximum absolute atomic E-state index is 5.15. The molecule has 0 aliphatic heterocycles. The van der Waals surface area contributed by atoms with Crippen molar-refractivity contribution in [3.8, 4) is 33.9 Å². The highest BCUT2D eigenvalue weighted by molar-refractivity contribution is 5.82. The van der Waals surface area contributed by atoms with Crippen molar-refractivity contribution in [2.75, 3.05) is 6.54 Å². The molecule has 0 radical (unpaired) electrons. The Bertz CT molecular complexity index is 1020. The number of rotatable bonds is 8. The van der Waals surface area contributed by atoms with E-state index < -0.39 is 0 Å². The minimum Gasteiger partial charge on any atom is -0.310 e. The summed E-state index contributed by atoms with van der Waals surface area (Å²) in [5.41, 5.74) is 5.62. The summed E-state index contributed by atoms with van der Waals surface area (Å²) in [6.45, 7) is 3.95. The lowest BCUT2D eigenvalue weighted by atomic mass is 10.0. The zero-order chi connectivity index (χ0) is 19.9. The molecular weight excluding hydrogens is 354 g/mol. The van der Waals surface area contributed by atoms with Crippen LogP contribution in [0, 0.1) is 0 Å². The van der Waals surface area contributed by atoms with Gasteiger partial charge in [0.15, 0.2) is 0 Å². The standard InChI is InChI=1S/C26H27N3/c1-2-3-19-27-20-29-25(22-15-9-5-10-16-22)24(21-13-7-4-8-14-21)28-26(29)23-17-11-6-12-18-23/h4-18,27H,2-3,19-20H2,1H3. The van der Waals surface area contributed by atoms with E-state index in [1.807, 2.05) is 12.1 Å². The van der Waals surface area contributed by atoms with Crippen LogP contribution in [0.25, 0.3) is 33.9 Å². The fourth-order valence-electron chi connectivity index (χ4n) is 3.59. The Balaban J connectivity index is 1.90. The van der Waals surface area contributed by atoms with E-state index in [2.05, 4.69) is 95.7 Å². The van der Waals surface area contributed by atoms with E-state index in [-0.39, 0.29) is 0 Å². The van der Waals surface area contributed by atoms with Gasteiger partial charge in [0.1, 0.15) is 5.82 Å². The lowest BCUT2D eigenvalue weighted by Crippen LogP contribution is -2.20. The Morgan fingerprint density at radius 3 is 1.86 bits per heavy atom. The minimum absolute atomic E-state index is 0.730. The summed E-state index contributed by atoms with van der Waals surface area (Å²) in [6.07, 6.45) is 2.35. The summed E-state index contributed by atoms with van der Waals surface area (Å²) in [6, 6.07) is 31.5. The Kier molecular flexibility index (Phi) is 6.18. The van der Waals surface area contributed by atoms with E-state index in [4.69, 9.17) is 4.98 Å². The highest BCUT2D eigenvalue weighted by Gasteiger charge is 2.20. The second kappa shape index (κ2) is 9.35. The molecule has 0 amide bonds. The minimum atomic E-state index is 0.730. The van der Waals surface area contributed by atoms with Crippen LogP contribution in [-0.2, 0) is 6.67 Å². The first-order valence-corrected chi connectivity index (χ1v) is 10.4. The second-order valence-electron chi connectivity index (χ2n) is 7.17. The SMILES string of the molecule is CCCCNCn1c(-c2ccccc2)nc(-c2ccccc2)c1-c1ccccc1. The van der Waals surface area contributed by atoms with Crippen molar-refractivity contribution >= 4 is 0 Å². The molecule has 0 aliphatic carbocycles. The van der Waals surface area contributed by atoms with E-state index in [1.54, 1.807) is 0 Å². The molecule has 3 aromatic carbocycles.